The number of aryl methyl sites for hydroxylation is 1. The quantitative estimate of drug-likeness (QED) is 0.577. The molecular formula is C10H21N3S. The molecule has 1 rings (SSSR count). The highest BCUT2D eigenvalue weighted by Gasteiger charge is 1.95. The van der Waals surface area contributed by atoms with Gasteiger partial charge in [0.2, 0.25) is 0 Å². The van der Waals surface area contributed by atoms with E-state index in [1.165, 1.54) is 11.8 Å². The molecule has 14 heavy (non-hydrogen) atoms. The fourth-order valence-electron chi connectivity index (χ4n) is 0.656. The summed E-state index contributed by atoms with van der Waals surface area (Å²) in [6.45, 7) is 9.90. The van der Waals surface area contributed by atoms with E-state index < -0.39 is 0 Å². The van der Waals surface area contributed by atoms with Crippen LogP contribution in [0.1, 0.15) is 33.4 Å². The van der Waals surface area contributed by atoms with Gasteiger partial charge < -0.3 is 5.73 Å². The van der Waals surface area contributed by atoms with Crippen LogP contribution in [-0.4, -0.2) is 16.2 Å². The van der Waals surface area contributed by atoms with Gasteiger partial charge in [0.25, 0.3) is 0 Å². The van der Waals surface area contributed by atoms with E-state index in [1.807, 2.05) is 40.9 Å². The highest BCUT2D eigenvalue weighted by atomic mass is 32.2. The van der Waals surface area contributed by atoms with Crippen LogP contribution < -0.4 is 5.73 Å². The van der Waals surface area contributed by atoms with Crippen molar-refractivity contribution in [3.05, 3.63) is 11.8 Å². The molecule has 0 bridgehead atoms. The molecule has 82 valence electrons. The van der Waals surface area contributed by atoms with Crippen LogP contribution in [0.4, 0.5) is 5.82 Å². The fourth-order valence-corrected chi connectivity index (χ4v) is 1.09. The van der Waals surface area contributed by atoms with E-state index in [2.05, 4.69) is 9.97 Å². The molecule has 0 aromatic carbocycles. The Kier molecular flexibility index (Phi) is 11.6. The predicted molar refractivity (Wildman–Crippen MR) is 65.7 cm³/mol. The van der Waals surface area contributed by atoms with E-state index in [9.17, 15) is 0 Å². The Balaban J connectivity index is 0. The topological polar surface area (TPSA) is 51.8 Å². The zero-order valence-corrected chi connectivity index (χ0v) is 10.8. The molecule has 0 saturated carbocycles. The van der Waals surface area contributed by atoms with Gasteiger partial charge in [-0.1, -0.05) is 39.5 Å². The second-order valence-electron chi connectivity index (χ2n) is 1.92. The number of nitrogens with zero attached hydrogens (tertiary/aromatic N) is 2. The van der Waals surface area contributed by atoms with Crippen molar-refractivity contribution >= 4 is 17.6 Å². The summed E-state index contributed by atoms with van der Waals surface area (Å²) >= 11 is 1.49. The number of nitrogen functional groups attached to an aromatic ring is 1. The van der Waals surface area contributed by atoms with Gasteiger partial charge in [0.1, 0.15) is 5.82 Å². The van der Waals surface area contributed by atoms with E-state index in [-0.39, 0.29) is 0 Å². The van der Waals surface area contributed by atoms with Crippen LogP contribution in [-0.2, 0) is 0 Å². The smallest absolute Gasteiger partial charge is 0.189 e. The molecule has 0 saturated heterocycles. The molecule has 3 nitrogen and oxygen atoms in total. The maximum Gasteiger partial charge on any atom is 0.189 e. The molecular weight excluding hydrogens is 194 g/mol. The number of thioether (sulfide) groups is 1. The Hall–Kier alpha value is -0.770. The summed E-state index contributed by atoms with van der Waals surface area (Å²) in [6.07, 6.45) is 1.92. The minimum Gasteiger partial charge on any atom is -0.384 e. The molecule has 0 aliphatic heterocycles. The van der Waals surface area contributed by atoms with Gasteiger partial charge in [-0.05, 0) is 13.2 Å². The van der Waals surface area contributed by atoms with Gasteiger partial charge in [0.05, 0.1) is 0 Å². The normalized spacial score (nSPS) is 7.86. The van der Waals surface area contributed by atoms with Crippen molar-refractivity contribution in [2.75, 3.05) is 12.0 Å². The molecule has 0 unspecified atom stereocenters. The first kappa shape index (κ1) is 15.7. The monoisotopic (exact) mass is 215 g/mol. The molecule has 0 aliphatic carbocycles. The van der Waals surface area contributed by atoms with Crippen LogP contribution in [0.2, 0.25) is 0 Å². The first-order chi connectivity index (χ1) is 6.72. The van der Waals surface area contributed by atoms with E-state index in [0.717, 1.165) is 10.9 Å². The Bertz CT molecular complexity index is 219. The van der Waals surface area contributed by atoms with Crippen molar-refractivity contribution in [1.29, 1.82) is 0 Å². The van der Waals surface area contributed by atoms with E-state index in [1.54, 1.807) is 6.07 Å². The average molecular weight is 215 g/mol. The molecule has 4 heteroatoms. The van der Waals surface area contributed by atoms with E-state index >= 15 is 0 Å². The Morgan fingerprint density at radius 3 is 2.00 bits per heavy atom. The number of anilines is 1. The van der Waals surface area contributed by atoms with Gasteiger partial charge in [0.15, 0.2) is 5.16 Å². The number of aromatic nitrogens is 2. The van der Waals surface area contributed by atoms with Crippen molar-refractivity contribution in [1.82, 2.24) is 9.97 Å². The molecule has 0 aliphatic rings. The van der Waals surface area contributed by atoms with Gasteiger partial charge in [-0.3, -0.25) is 0 Å². The summed E-state index contributed by atoms with van der Waals surface area (Å²) in [5.41, 5.74) is 6.38. The van der Waals surface area contributed by atoms with Crippen LogP contribution in [0.3, 0.4) is 0 Å². The molecule has 1 aromatic rings. The third kappa shape index (κ3) is 6.71. The van der Waals surface area contributed by atoms with Gasteiger partial charge in [-0.15, -0.1) is 0 Å². The minimum absolute atomic E-state index is 0.539. The molecule has 2 N–H and O–H groups in total. The van der Waals surface area contributed by atoms with Crippen molar-refractivity contribution < 1.29 is 0 Å². The predicted octanol–water partition coefficient (Wildman–Crippen LogP) is 3.14. The Labute approximate surface area is 91.5 Å². The first-order valence-electron chi connectivity index (χ1n) is 4.87. The largest absolute Gasteiger partial charge is 0.384 e. The van der Waals surface area contributed by atoms with Crippen LogP contribution in [0.25, 0.3) is 0 Å². The third-order valence-corrected chi connectivity index (χ3v) is 1.58. The zero-order valence-electron chi connectivity index (χ0n) is 9.96. The van der Waals surface area contributed by atoms with Gasteiger partial charge in [0, 0.05) is 11.8 Å². The van der Waals surface area contributed by atoms with Crippen LogP contribution in [0, 0.1) is 6.92 Å². The summed E-state index contributed by atoms with van der Waals surface area (Å²) in [5, 5.41) is 0.734. The summed E-state index contributed by atoms with van der Waals surface area (Å²) in [5.74, 6) is 0.539. The average Bonchev–Trinajstić information content (AvgIpc) is 2.22. The summed E-state index contributed by atoms with van der Waals surface area (Å²) in [4.78, 5) is 8.11. The van der Waals surface area contributed by atoms with E-state index in [4.69, 9.17) is 5.73 Å². The number of hydrogen-bond acceptors (Lipinski definition) is 4. The van der Waals surface area contributed by atoms with Gasteiger partial charge in [-0.2, -0.15) is 0 Å². The summed E-state index contributed by atoms with van der Waals surface area (Å²) in [7, 11) is 0. The lowest BCUT2D eigenvalue weighted by Crippen LogP contribution is -1.95. The minimum atomic E-state index is 0.539. The van der Waals surface area contributed by atoms with Crippen LogP contribution >= 0.6 is 11.8 Å². The lowest BCUT2D eigenvalue weighted by molar-refractivity contribution is 0.943. The molecule has 0 radical (unpaired) electrons. The lowest BCUT2D eigenvalue weighted by atomic mass is 10.4. The molecule has 0 spiro atoms. The molecule has 1 heterocycles. The maximum absolute atomic E-state index is 5.47. The number of nitrogens with two attached hydrogens (primary N) is 1. The van der Waals surface area contributed by atoms with Crippen molar-refractivity contribution in [2.24, 2.45) is 0 Å². The standard InChI is InChI=1S/C6H9N3S.2C2H6/c1-4-3-5(7)9-6(8-4)10-2;2*1-2/h3H,1-2H3,(H2,7,8,9);2*1-2H3. The highest BCUT2D eigenvalue weighted by Crippen LogP contribution is 2.10. The third-order valence-electron chi connectivity index (χ3n) is 1.04. The molecule has 0 atom stereocenters. The summed E-state index contributed by atoms with van der Waals surface area (Å²) < 4.78 is 0. The second-order valence-corrected chi connectivity index (χ2v) is 2.69. The van der Waals surface area contributed by atoms with E-state index in [0.29, 0.717) is 5.82 Å². The molecule has 1 aromatic heterocycles. The van der Waals surface area contributed by atoms with Crippen molar-refractivity contribution in [2.45, 2.75) is 39.8 Å². The molecule has 0 amide bonds. The number of rotatable bonds is 1. The molecule has 0 fully saturated rings. The lowest BCUT2D eigenvalue weighted by Gasteiger charge is -1.97. The SMILES string of the molecule is CC.CC.CSc1nc(C)cc(N)n1. The summed E-state index contributed by atoms with van der Waals surface area (Å²) in [6, 6.07) is 1.75. The Morgan fingerprint density at radius 1 is 1.14 bits per heavy atom. The maximum atomic E-state index is 5.47. The van der Waals surface area contributed by atoms with Gasteiger partial charge in [-0.25, -0.2) is 9.97 Å². The van der Waals surface area contributed by atoms with Crippen molar-refractivity contribution in [3.8, 4) is 0 Å². The highest BCUT2D eigenvalue weighted by molar-refractivity contribution is 7.98. The zero-order chi connectivity index (χ0) is 11.6. The van der Waals surface area contributed by atoms with Crippen LogP contribution in [0.5, 0.6) is 0 Å². The van der Waals surface area contributed by atoms with Crippen LogP contribution in [0.15, 0.2) is 11.2 Å². The van der Waals surface area contributed by atoms with Gasteiger partial charge >= 0.3 is 0 Å². The second kappa shape index (κ2) is 10.3. The first-order valence-corrected chi connectivity index (χ1v) is 6.10. The fraction of sp³-hybridized carbons (Fsp3) is 0.600. The van der Waals surface area contributed by atoms with Crippen molar-refractivity contribution in [3.63, 3.8) is 0 Å². The Morgan fingerprint density at radius 2 is 1.64 bits per heavy atom. The number of hydrogen-bond donors (Lipinski definition) is 1.